The fraction of sp³-hybridized carbons (Fsp3) is 0.500. The van der Waals surface area contributed by atoms with E-state index < -0.39 is 5.97 Å². The number of amides is 1. The number of rotatable bonds is 7. The summed E-state index contributed by atoms with van der Waals surface area (Å²) in [6.45, 7) is 2.64. The number of aliphatic carboxylic acids is 1. The van der Waals surface area contributed by atoms with Crippen LogP contribution < -0.4 is 0 Å². The monoisotopic (exact) mass is 239 g/mol. The molecule has 94 valence electrons. The Morgan fingerprint density at radius 1 is 1.41 bits per heavy atom. The minimum Gasteiger partial charge on any atom is -0.481 e. The zero-order valence-corrected chi connectivity index (χ0v) is 9.89. The van der Waals surface area contributed by atoms with Gasteiger partial charge in [-0.25, -0.2) is 0 Å². The Morgan fingerprint density at radius 2 is 2.18 bits per heavy atom. The number of furan rings is 1. The van der Waals surface area contributed by atoms with E-state index in [1.807, 2.05) is 13.0 Å². The molecule has 0 fully saturated rings. The summed E-state index contributed by atoms with van der Waals surface area (Å²) >= 11 is 0. The first-order valence-corrected chi connectivity index (χ1v) is 5.65. The second kappa shape index (κ2) is 6.73. The average molecular weight is 239 g/mol. The lowest BCUT2D eigenvalue weighted by molar-refractivity contribution is -0.138. The fourth-order valence-corrected chi connectivity index (χ4v) is 1.53. The van der Waals surface area contributed by atoms with Gasteiger partial charge in [0, 0.05) is 25.9 Å². The predicted octanol–water partition coefficient (Wildman–Crippen LogP) is 1.54. The Morgan fingerprint density at radius 3 is 2.71 bits per heavy atom. The van der Waals surface area contributed by atoms with Gasteiger partial charge >= 0.3 is 5.97 Å². The van der Waals surface area contributed by atoms with Gasteiger partial charge in [0.2, 0.25) is 5.91 Å². The van der Waals surface area contributed by atoms with Gasteiger partial charge in [0.15, 0.2) is 0 Å². The molecule has 0 bridgehead atoms. The molecular weight excluding hydrogens is 222 g/mol. The van der Waals surface area contributed by atoms with Crippen LogP contribution >= 0.6 is 0 Å². The van der Waals surface area contributed by atoms with Crippen molar-refractivity contribution >= 4 is 11.9 Å². The van der Waals surface area contributed by atoms with E-state index in [9.17, 15) is 9.59 Å². The molecule has 0 spiro atoms. The van der Waals surface area contributed by atoms with Crippen molar-refractivity contribution in [1.82, 2.24) is 4.90 Å². The number of carboxylic acid groups (broad SMARTS) is 1. The third-order valence-electron chi connectivity index (χ3n) is 2.50. The molecule has 5 nitrogen and oxygen atoms in total. The molecule has 1 rings (SSSR count). The summed E-state index contributed by atoms with van der Waals surface area (Å²) in [7, 11) is 0. The maximum Gasteiger partial charge on any atom is 0.305 e. The highest BCUT2D eigenvalue weighted by atomic mass is 16.4. The lowest BCUT2D eigenvalue weighted by atomic mass is 10.2. The SMILES string of the molecule is CCN(CCC(=O)O)C(=O)CCc1ccco1. The van der Waals surface area contributed by atoms with E-state index in [0.717, 1.165) is 5.76 Å². The van der Waals surface area contributed by atoms with Crippen molar-refractivity contribution < 1.29 is 19.1 Å². The number of carbonyl (C=O) groups excluding carboxylic acids is 1. The van der Waals surface area contributed by atoms with Crippen LogP contribution in [0.25, 0.3) is 0 Å². The quantitative estimate of drug-likeness (QED) is 0.783. The third-order valence-corrected chi connectivity index (χ3v) is 2.50. The van der Waals surface area contributed by atoms with Crippen LogP contribution in [0.15, 0.2) is 22.8 Å². The highest BCUT2D eigenvalue weighted by Gasteiger charge is 2.13. The van der Waals surface area contributed by atoms with Gasteiger partial charge in [0.05, 0.1) is 12.7 Å². The normalized spacial score (nSPS) is 10.2. The smallest absolute Gasteiger partial charge is 0.305 e. The third kappa shape index (κ3) is 4.72. The van der Waals surface area contributed by atoms with Crippen LogP contribution in [-0.2, 0) is 16.0 Å². The number of hydrogen-bond donors (Lipinski definition) is 1. The number of carbonyl (C=O) groups is 2. The highest BCUT2D eigenvalue weighted by molar-refractivity contribution is 5.77. The Kier molecular flexibility index (Phi) is 5.26. The predicted molar refractivity (Wildman–Crippen MR) is 61.5 cm³/mol. The zero-order valence-electron chi connectivity index (χ0n) is 9.89. The maximum absolute atomic E-state index is 11.8. The van der Waals surface area contributed by atoms with Crippen molar-refractivity contribution in [3.05, 3.63) is 24.2 Å². The topological polar surface area (TPSA) is 70.8 Å². The van der Waals surface area contributed by atoms with Crippen LogP contribution in [0.4, 0.5) is 0 Å². The summed E-state index contributed by atoms with van der Waals surface area (Å²) in [5, 5.41) is 8.57. The average Bonchev–Trinajstić information content (AvgIpc) is 2.79. The van der Waals surface area contributed by atoms with Crippen LogP contribution in [0.2, 0.25) is 0 Å². The van der Waals surface area contributed by atoms with E-state index in [1.54, 1.807) is 17.2 Å². The van der Waals surface area contributed by atoms with Crippen LogP contribution in [-0.4, -0.2) is 35.0 Å². The van der Waals surface area contributed by atoms with Crippen LogP contribution in [0.5, 0.6) is 0 Å². The molecule has 1 amide bonds. The standard InChI is InChI=1S/C12H17NO4/c1-2-13(8-7-12(15)16)11(14)6-5-10-4-3-9-17-10/h3-4,9H,2,5-8H2,1H3,(H,15,16). The molecule has 0 aliphatic rings. The summed E-state index contributed by atoms with van der Waals surface area (Å²) in [4.78, 5) is 23.8. The second-order valence-corrected chi connectivity index (χ2v) is 3.70. The molecule has 0 radical (unpaired) electrons. The summed E-state index contributed by atoms with van der Waals surface area (Å²) in [6, 6.07) is 3.60. The van der Waals surface area contributed by atoms with E-state index in [1.165, 1.54) is 0 Å². The number of aryl methyl sites for hydroxylation is 1. The molecule has 1 heterocycles. The highest BCUT2D eigenvalue weighted by Crippen LogP contribution is 2.06. The molecule has 0 unspecified atom stereocenters. The van der Waals surface area contributed by atoms with E-state index in [4.69, 9.17) is 9.52 Å². The largest absolute Gasteiger partial charge is 0.481 e. The molecule has 0 aromatic carbocycles. The first kappa shape index (κ1) is 13.3. The summed E-state index contributed by atoms with van der Waals surface area (Å²) < 4.78 is 5.13. The van der Waals surface area contributed by atoms with Gasteiger partial charge in [0.25, 0.3) is 0 Å². The molecule has 17 heavy (non-hydrogen) atoms. The number of carboxylic acids is 1. The molecule has 0 atom stereocenters. The molecule has 0 saturated heterocycles. The Labute approximate surface area is 100 Å². The molecule has 0 aliphatic carbocycles. The van der Waals surface area contributed by atoms with Gasteiger partial charge in [0.1, 0.15) is 5.76 Å². The molecule has 0 saturated carbocycles. The van der Waals surface area contributed by atoms with Crippen LogP contribution in [0.3, 0.4) is 0 Å². The van der Waals surface area contributed by atoms with Gasteiger partial charge in [-0.1, -0.05) is 0 Å². The molecule has 0 aliphatic heterocycles. The molecule has 1 aromatic rings. The maximum atomic E-state index is 11.8. The number of hydrogen-bond acceptors (Lipinski definition) is 3. The van der Waals surface area contributed by atoms with Crippen molar-refractivity contribution in [1.29, 1.82) is 0 Å². The Bertz CT molecular complexity index is 359. The Hall–Kier alpha value is -1.78. The minimum atomic E-state index is -0.887. The van der Waals surface area contributed by atoms with Gasteiger partial charge in [-0.3, -0.25) is 9.59 Å². The van der Waals surface area contributed by atoms with Crippen molar-refractivity contribution in [2.75, 3.05) is 13.1 Å². The first-order valence-electron chi connectivity index (χ1n) is 5.65. The van der Waals surface area contributed by atoms with Gasteiger partial charge in [-0.15, -0.1) is 0 Å². The van der Waals surface area contributed by atoms with E-state index in [-0.39, 0.29) is 18.9 Å². The minimum absolute atomic E-state index is 0.0136. The first-order chi connectivity index (χ1) is 8.13. The number of nitrogens with zero attached hydrogens (tertiary/aromatic N) is 1. The van der Waals surface area contributed by atoms with Crippen molar-refractivity contribution in [3.63, 3.8) is 0 Å². The second-order valence-electron chi connectivity index (χ2n) is 3.70. The summed E-state index contributed by atoms with van der Waals surface area (Å²) in [5.74, 6) is -0.153. The van der Waals surface area contributed by atoms with Gasteiger partial charge in [-0.2, -0.15) is 0 Å². The lowest BCUT2D eigenvalue weighted by Crippen LogP contribution is -2.32. The van der Waals surface area contributed by atoms with Gasteiger partial charge in [-0.05, 0) is 19.1 Å². The Balaban J connectivity index is 2.35. The van der Waals surface area contributed by atoms with Crippen molar-refractivity contribution in [2.45, 2.75) is 26.2 Å². The fourth-order valence-electron chi connectivity index (χ4n) is 1.53. The van der Waals surface area contributed by atoms with Gasteiger partial charge < -0.3 is 14.4 Å². The van der Waals surface area contributed by atoms with Crippen molar-refractivity contribution in [2.24, 2.45) is 0 Å². The summed E-state index contributed by atoms with van der Waals surface area (Å²) in [5.41, 5.74) is 0. The van der Waals surface area contributed by atoms with E-state index >= 15 is 0 Å². The zero-order chi connectivity index (χ0) is 12.7. The van der Waals surface area contributed by atoms with E-state index in [2.05, 4.69) is 0 Å². The molecule has 5 heteroatoms. The van der Waals surface area contributed by atoms with Crippen molar-refractivity contribution in [3.8, 4) is 0 Å². The van der Waals surface area contributed by atoms with E-state index in [0.29, 0.717) is 19.4 Å². The van der Waals surface area contributed by atoms with Crippen LogP contribution in [0, 0.1) is 0 Å². The summed E-state index contributed by atoms with van der Waals surface area (Å²) in [6.07, 6.45) is 2.46. The van der Waals surface area contributed by atoms with Crippen LogP contribution in [0.1, 0.15) is 25.5 Å². The molecule has 1 aromatic heterocycles. The molecule has 1 N–H and O–H groups in total. The lowest BCUT2D eigenvalue weighted by Gasteiger charge is -2.19. The molecular formula is C12H17NO4.